The Morgan fingerprint density at radius 1 is 1.62 bits per heavy atom. The summed E-state index contributed by atoms with van der Waals surface area (Å²) in [6, 6.07) is 0.497. The fourth-order valence-corrected chi connectivity index (χ4v) is 2.85. The van der Waals surface area contributed by atoms with Gasteiger partial charge in [-0.1, -0.05) is 24.7 Å². The molecule has 1 N–H and O–H groups in total. The number of rotatable bonds is 3. The van der Waals surface area contributed by atoms with Crippen molar-refractivity contribution in [2.24, 2.45) is 5.92 Å². The number of carbonyl (C=O) groups is 1. The van der Waals surface area contributed by atoms with Gasteiger partial charge < -0.3 is 10.1 Å². The average Bonchev–Trinajstić information content (AvgIpc) is 2.89. The molecule has 1 aromatic rings. The smallest absolute Gasteiger partial charge is 0.349 e. The van der Waals surface area contributed by atoms with Gasteiger partial charge in [0.05, 0.1) is 13.3 Å². The van der Waals surface area contributed by atoms with Crippen LogP contribution in [0.4, 0.5) is 5.13 Å². The summed E-state index contributed by atoms with van der Waals surface area (Å²) in [5.74, 6) is 0.371. The molecule has 0 spiro atoms. The third kappa shape index (κ3) is 2.35. The first-order valence-electron chi connectivity index (χ1n) is 5.51. The van der Waals surface area contributed by atoms with Crippen molar-refractivity contribution in [3.05, 3.63) is 11.1 Å². The Morgan fingerprint density at radius 2 is 2.44 bits per heavy atom. The van der Waals surface area contributed by atoms with Gasteiger partial charge >= 0.3 is 5.97 Å². The third-order valence-corrected chi connectivity index (χ3v) is 3.97. The fraction of sp³-hybridized carbons (Fsp3) is 0.636. The highest BCUT2D eigenvalue weighted by Gasteiger charge is 2.24. The Morgan fingerprint density at radius 3 is 3.06 bits per heavy atom. The number of anilines is 1. The number of hydrogen-bond acceptors (Lipinski definition) is 5. The lowest BCUT2D eigenvalue weighted by atomic mass is 10.1. The summed E-state index contributed by atoms with van der Waals surface area (Å²) in [5.41, 5.74) is 0. The van der Waals surface area contributed by atoms with E-state index in [1.165, 1.54) is 37.7 Å². The number of hydrogen-bond donors (Lipinski definition) is 1. The summed E-state index contributed by atoms with van der Waals surface area (Å²) >= 11 is 1.36. The van der Waals surface area contributed by atoms with Gasteiger partial charge in [0.25, 0.3) is 0 Å². The van der Waals surface area contributed by atoms with E-state index >= 15 is 0 Å². The zero-order chi connectivity index (χ0) is 11.5. The molecule has 2 atom stereocenters. The normalized spacial score (nSPS) is 24.4. The Bertz CT molecular complexity index is 378. The molecule has 0 aromatic carbocycles. The highest BCUT2D eigenvalue weighted by atomic mass is 32.1. The molecule has 1 fully saturated rings. The lowest BCUT2D eigenvalue weighted by molar-refractivity contribution is 0.0606. The summed E-state index contributed by atoms with van der Waals surface area (Å²) in [6.07, 6.45) is 5.30. The zero-order valence-electron chi connectivity index (χ0n) is 9.53. The fourth-order valence-electron chi connectivity index (χ4n) is 2.05. The Balaban J connectivity index is 1.99. The van der Waals surface area contributed by atoms with Gasteiger partial charge in [-0.2, -0.15) is 0 Å². The Hall–Kier alpha value is -1.10. The van der Waals surface area contributed by atoms with Crippen molar-refractivity contribution in [3.8, 4) is 0 Å². The van der Waals surface area contributed by atoms with Gasteiger partial charge in [-0.3, -0.25) is 0 Å². The molecule has 1 aromatic heterocycles. The first-order chi connectivity index (χ1) is 7.70. The number of carbonyl (C=O) groups excluding carboxylic acids is 1. The Kier molecular flexibility index (Phi) is 3.43. The number of nitrogens with zero attached hydrogens (tertiary/aromatic N) is 1. The minimum absolute atomic E-state index is 0.315. The summed E-state index contributed by atoms with van der Waals surface area (Å²) < 4.78 is 4.64. The molecule has 0 radical (unpaired) electrons. The van der Waals surface area contributed by atoms with E-state index in [0.717, 1.165) is 5.13 Å². The van der Waals surface area contributed by atoms with Crippen LogP contribution in [0, 0.1) is 5.92 Å². The van der Waals surface area contributed by atoms with E-state index < -0.39 is 0 Å². The monoisotopic (exact) mass is 240 g/mol. The summed E-state index contributed by atoms with van der Waals surface area (Å²) in [4.78, 5) is 16.0. The second kappa shape index (κ2) is 4.82. The van der Waals surface area contributed by atoms with Crippen LogP contribution in [-0.2, 0) is 4.74 Å². The average molecular weight is 240 g/mol. The van der Waals surface area contributed by atoms with Gasteiger partial charge in [0.2, 0.25) is 0 Å². The van der Waals surface area contributed by atoms with Crippen molar-refractivity contribution in [2.75, 3.05) is 12.4 Å². The summed E-state index contributed by atoms with van der Waals surface area (Å²) in [6.45, 7) is 2.25. The molecule has 5 heteroatoms. The van der Waals surface area contributed by atoms with Crippen LogP contribution < -0.4 is 5.32 Å². The predicted octanol–water partition coefficient (Wildman–Crippen LogP) is 2.53. The van der Waals surface area contributed by atoms with Crippen LogP contribution in [0.15, 0.2) is 6.20 Å². The molecule has 88 valence electrons. The summed E-state index contributed by atoms with van der Waals surface area (Å²) in [7, 11) is 1.38. The van der Waals surface area contributed by atoms with E-state index in [2.05, 4.69) is 22.0 Å². The number of methoxy groups -OCH3 is 1. The topological polar surface area (TPSA) is 51.2 Å². The van der Waals surface area contributed by atoms with Crippen molar-refractivity contribution in [3.63, 3.8) is 0 Å². The quantitative estimate of drug-likeness (QED) is 0.825. The predicted molar refractivity (Wildman–Crippen MR) is 63.9 cm³/mol. The molecule has 1 aliphatic rings. The molecule has 2 unspecified atom stereocenters. The molecule has 0 bridgehead atoms. The number of esters is 1. The summed E-state index contributed by atoms with van der Waals surface area (Å²) in [5, 5.41) is 4.21. The minimum Gasteiger partial charge on any atom is -0.465 e. The van der Waals surface area contributed by atoms with Gasteiger partial charge in [-0.15, -0.1) is 0 Å². The van der Waals surface area contributed by atoms with Crippen LogP contribution in [0.2, 0.25) is 0 Å². The lowest BCUT2D eigenvalue weighted by Crippen LogP contribution is -2.21. The van der Waals surface area contributed by atoms with E-state index in [4.69, 9.17) is 0 Å². The van der Waals surface area contributed by atoms with E-state index in [9.17, 15) is 4.79 Å². The molecular formula is C11H16N2O2S. The van der Waals surface area contributed by atoms with Crippen LogP contribution in [-0.4, -0.2) is 24.1 Å². The highest BCUT2D eigenvalue weighted by Crippen LogP contribution is 2.29. The van der Waals surface area contributed by atoms with Crippen molar-refractivity contribution < 1.29 is 9.53 Å². The second-order valence-corrected chi connectivity index (χ2v) is 5.21. The molecule has 4 nitrogen and oxygen atoms in total. The van der Waals surface area contributed by atoms with Crippen molar-refractivity contribution in [1.82, 2.24) is 4.98 Å². The van der Waals surface area contributed by atoms with Crippen LogP contribution in [0.25, 0.3) is 0 Å². The Labute approximate surface area is 99.0 Å². The molecular weight excluding hydrogens is 224 g/mol. The lowest BCUT2D eigenvalue weighted by Gasteiger charge is -2.15. The maximum atomic E-state index is 11.2. The van der Waals surface area contributed by atoms with Crippen LogP contribution in [0.3, 0.4) is 0 Å². The van der Waals surface area contributed by atoms with Crippen LogP contribution in [0.1, 0.15) is 35.9 Å². The minimum atomic E-state index is -0.315. The number of nitrogens with one attached hydrogen (secondary N) is 1. The SMILES string of the molecule is COC(=O)c1cnc(NC2CCCC2C)s1. The highest BCUT2D eigenvalue weighted by molar-refractivity contribution is 7.17. The van der Waals surface area contributed by atoms with Gasteiger partial charge in [0, 0.05) is 6.04 Å². The molecule has 1 saturated carbocycles. The number of ether oxygens (including phenoxy) is 1. The largest absolute Gasteiger partial charge is 0.465 e. The van der Waals surface area contributed by atoms with Gasteiger partial charge in [0.15, 0.2) is 5.13 Å². The van der Waals surface area contributed by atoms with E-state index in [0.29, 0.717) is 16.8 Å². The molecule has 0 saturated heterocycles. The molecule has 16 heavy (non-hydrogen) atoms. The number of aromatic nitrogens is 1. The van der Waals surface area contributed by atoms with Crippen molar-refractivity contribution in [2.45, 2.75) is 32.2 Å². The maximum absolute atomic E-state index is 11.2. The van der Waals surface area contributed by atoms with Gasteiger partial charge in [-0.25, -0.2) is 9.78 Å². The van der Waals surface area contributed by atoms with Gasteiger partial charge in [-0.05, 0) is 18.8 Å². The first-order valence-corrected chi connectivity index (χ1v) is 6.33. The standard InChI is InChI=1S/C11H16N2O2S/c1-7-4-3-5-8(7)13-11-12-6-9(16-11)10(14)15-2/h6-8H,3-5H2,1-2H3,(H,12,13). The van der Waals surface area contributed by atoms with Gasteiger partial charge in [0.1, 0.15) is 4.88 Å². The van der Waals surface area contributed by atoms with Crippen LogP contribution >= 0.6 is 11.3 Å². The molecule has 1 heterocycles. The first kappa shape index (κ1) is 11.4. The number of thiazole rings is 1. The molecule has 1 aliphatic carbocycles. The zero-order valence-corrected chi connectivity index (χ0v) is 10.3. The van der Waals surface area contributed by atoms with Crippen molar-refractivity contribution >= 4 is 22.4 Å². The van der Waals surface area contributed by atoms with E-state index in [-0.39, 0.29) is 5.97 Å². The van der Waals surface area contributed by atoms with E-state index in [1.807, 2.05) is 0 Å². The molecule has 2 rings (SSSR count). The maximum Gasteiger partial charge on any atom is 0.349 e. The van der Waals surface area contributed by atoms with Crippen LogP contribution in [0.5, 0.6) is 0 Å². The molecule has 0 aliphatic heterocycles. The molecule has 0 amide bonds. The van der Waals surface area contributed by atoms with E-state index in [1.54, 1.807) is 6.20 Å². The second-order valence-electron chi connectivity index (χ2n) is 4.18. The third-order valence-electron chi connectivity index (χ3n) is 3.06. The van der Waals surface area contributed by atoms with Crippen molar-refractivity contribution in [1.29, 1.82) is 0 Å².